The summed E-state index contributed by atoms with van der Waals surface area (Å²) in [5.74, 6) is -0.795. The molecule has 1 aliphatic rings. The fraction of sp³-hybridized carbons (Fsp3) is 0.357. The van der Waals surface area contributed by atoms with E-state index in [-0.39, 0.29) is 0 Å². The van der Waals surface area contributed by atoms with Gasteiger partial charge in [-0.15, -0.1) is 11.3 Å². The number of aromatic carboxylic acids is 1. The molecular weight excluding hydrogens is 246 g/mol. The number of hydrogen-bond acceptors (Lipinski definition) is 2. The lowest BCUT2D eigenvalue weighted by Gasteiger charge is -2.09. The van der Waals surface area contributed by atoms with Crippen LogP contribution in [0.4, 0.5) is 0 Å². The Morgan fingerprint density at radius 2 is 1.94 bits per heavy atom. The van der Waals surface area contributed by atoms with Crippen molar-refractivity contribution >= 4 is 17.3 Å². The molecule has 4 heteroatoms. The summed E-state index contributed by atoms with van der Waals surface area (Å²) in [5.41, 5.74) is 3.77. The molecule has 94 valence electrons. The Kier molecular flexibility index (Phi) is 2.55. The summed E-state index contributed by atoms with van der Waals surface area (Å²) in [5, 5.41) is 10.4. The van der Waals surface area contributed by atoms with Crippen LogP contribution in [0.25, 0.3) is 5.00 Å². The highest BCUT2D eigenvalue weighted by Crippen LogP contribution is 2.38. The molecule has 1 aliphatic carbocycles. The van der Waals surface area contributed by atoms with Crippen LogP contribution in [0.15, 0.2) is 12.1 Å². The maximum atomic E-state index is 11.6. The molecule has 2 heterocycles. The molecule has 18 heavy (non-hydrogen) atoms. The molecule has 0 fully saturated rings. The van der Waals surface area contributed by atoms with Crippen molar-refractivity contribution in [2.24, 2.45) is 0 Å². The SMILES string of the molecule is Cc1ccc(C)n1-c1sc2c(c1C(=O)O)CCC2. The van der Waals surface area contributed by atoms with E-state index in [0.29, 0.717) is 5.56 Å². The molecule has 0 unspecified atom stereocenters. The van der Waals surface area contributed by atoms with E-state index in [4.69, 9.17) is 0 Å². The molecule has 0 saturated heterocycles. The molecule has 0 amide bonds. The molecule has 0 atom stereocenters. The topological polar surface area (TPSA) is 42.2 Å². The van der Waals surface area contributed by atoms with Crippen molar-refractivity contribution in [2.75, 3.05) is 0 Å². The van der Waals surface area contributed by atoms with Crippen molar-refractivity contribution in [3.8, 4) is 5.00 Å². The minimum Gasteiger partial charge on any atom is -0.478 e. The molecule has 1 N–H and O–H groups in total. The highest BCUT2D eigenvalue weighted by Gasteiger charge is 2.27. The molecule has 0 spiro atoms. The van der Waals surface area contributed by atoms with Gasteiger partial charge in [-0.25, -0.2) is 4.79 Å². The van der Waals surface area contributed by atoms with E-state index >= 15 is 0 Å². The van der Waals surface area contributed by atoms with Gasteiger partial charge in [-0.2, -0.15) is 0 Å². The van der Waals surface area contributed by atoms with Crippen molar-refractivity contribution < 1.29 is 9.90 Å². The first-order chi connectivity index (χ1) is 8.59. The first-order valence-corrected chi connectivity index (χ1v) is 6.94. The number of hydrogen-bond donors (Lipinski definition) is 1. The summed E-state index contributed by atoms with van der Waals surface area (Å²) in [6, 6.07) is 4.07. The van der Waals surface area contributed by atoms with Crippen LogP contribution in [0, 0.1) is 13.8 Å². The van der Waals surface area contributed by atoms with Crippen LogP contribution < -0.4 is 0 Å². The number of carbonyl (C=O) groups is 1. The van der Waals surface area contributed by atoms with Crippen LogP contribution in [0.5, 0.6) is 0 Å². The van der Waals surface area contributed by atoms with Gasteiger partial charge < -0.3 is 9.67 Å². The molecule has 3 rings (SSSR count). The second kappa shape index (κ2) is 3.99. The van der Waals surface area contributed by atoms with E-state index < -0.39 is 5.97 Å². The summed E-state index contributed by atoms with van der Waals surface area (Å²) >= 11 is 1.65. The van der Waals surface area contributed by atoms with Crippen molar-refractivity contribution in [1.29, 1.82) is 0 Å². The Morgan fingerprint density at radius 3 is 2.56 bits per heavy atom. The molecule has 0 bridgehead atoms. The van der Waals surface area contributed by atoms with Crippen LogP contribution in [-0.2, 0) is 12.8 Å². The quantitative estimate of drug-likeness (QED) is 0.900. The average Bonchev–Trinajstić information content (AvgIpc) is 2.92. The summed E-state index contributed by atoms with van der Waals surface area (Å²) in [6.45, 7) is 4.03. The largest absolute Gasteiger partial charge is 0.478 e. The van der Waals surface area contributed by atoms with E-state index in [1.807, 2.05) is 26.0 Å². The van der Waals surface area contributed by atoms with Gasteiger partial charge in [0.15, 0.2) is 0 Å². The summed E-state index contributed by atoms with van der Waals surface area (Å²) in [4.78, 5) is 12.8. The van der Waals surface area contributed by atoms with Gasteiger partial charge in [0.05, 0.1) is 5.56 Å². The third-order valence-corrected chi connectivity index (χ3v) is 4.87. The number of carboxylic acids is 1. The Bertz CT molecular complexity index is 617. The fourth-order valence-corrected chi connectivity index (χ4v) is 4.26. The monoisotopic (exact) mass is 261 g/mol. The standard InChI is InChI=1S/C14H15NO2S/c1-8-6-7-9(2)15(8)13-12(14(16)17)10-4-3-5-11(10)18-13/h6-7H,3-5H2,1-2H3,(H,16,17). The van der Waals surface area contributed by atoms with Gasteiger partial charge in [0.25, 0.3) is 0 Å². The fourth-order valence-electron chi connectivity index (χ4n) is 2.76. The van der Waals surface area contributed by atoms with E-state index in [1.165, 1.54) is 4.88 Å². The zero-order chi connectivity index (χ0) is 12.9. The first-order valence-electron chi connectivity index (χ1n) is 6.12. The van der Waals surface area contributed by atoms with Crippen molar-refractivity contribution in [3.05, 3.63) is 39.5 Å². The Morgan fingerprint density at radius 1 is 1.28 bits per heavy atom. The highest BCUT2D eigenvalue weighted by molar-refractivity contribution is 7.15. The molecule has 0 aromatic carbocycles. The van der Waals surface area contributed by atoms with Crippen LogP contribution >= 0.6 is 11.3 Å². The maximum Gasteiger partial charge on any atom is 0.339 e. The Hall–Kier alpha value is -1.55. The van der Waals surface area contributed by atoms with E-state index in [0.717, 1.165) is 41.2 Å². The average molecular weight is 261 g/mol. The Balaban J connectivity index is 2.28. The smallest absolute Gasteiger partial charge is 0.339 e. The lowest BCUT2D eigenvalue weighted by molar-refractivity contribution is 0.0696. The zero-order valence-corrected chi connectivity index (χ0v) is 11.3. The summed E-state index contributed by atoms with van der Waals surface area (Å²) in [6.07, 6.45) is 3.03. The second-order valence-corrected chi connectivity index (χ2v) is 5.88. The van der Waals surface area contributed by atoms with E-state index in [9.17, 15) is 9.90 Å². The predicted molar refractivity (Wildman–Crippen MR) is 72.1 cm³/mol. The molecule has 3 nitrogen and oxygen atoms in total. The van der Waals surface area contributed by atoms with Crippen molar-refractivity contribution in [1.82, 2.24) is 4.57 Å². The van der Waals surface area contributed by atoms with Gasteiger partial charge in [-0.05, 0) is 50.8 Å². The Labute approximate surface area is 110 Å². The van der Waals surface area contributed by atoms with Crippen LogP contribution in [0.1, 0.15) is 38.6 Å². The van der Waals surface area contributed by atoms with Crippen LogP contribution in [0.3, 0.4) is 0 Å². The van der Waals surface area contributed by atoms with Crippen LogP contribution in [0.2, 0.25) is 0 Å². The highest BCUT2D eigenvalue weighted by atomic mass is 32.1. The number of rotatable bonds is 2. The number of fused-ring (bicyclic) bond motifs is 1. The van der Waals surface area contributed by atoms with Gasteiger partial charge in [0.1, 0.15) is 5.00 Å². The normalized spacial score (nSPS) is 13.9. The lowest BCUT2D eigenvalue weighted by Crippen LogP contribution is -2.06. The predicted octanol–water partition coefficient (Wildman–Crippen LogP) is 3.34. The molecule has 0 saturated carbocycles. The molecule has 0 radical (unpaired) electrons. The molecular formula is C14H15NO2S. The molecule has 2 aromatic rings. The van der Waals surface area contributed by atoms with Gasteiger partial charge in [0.2, 0.25) is 0 Å². The van der Waals surface area contributed by atoms with Crippen LogP contribution in [-0.4, -0.2) is 15.6 Å². The maximum absolute atomic E-state index is 11.6. The second-order valence-electron chi connectivity index (χ2n) is 4.79. The van der Waals surface area contributed by atoms with Crippen molar-refractivity contribution in [2.45, 2.75) is 33.1 Å². The summed E-state index contributed by atoms with van der Waals surface area (Å²) < 4.78 is 2.06. The first kappa shape index (κ1) is 11.5. The van der Waals surface area contributed by atoms with Gasteiger partial charge in [0, 0.05) is 16.3 Å². The molecule has 2 aromatic heterocycles. The van der Waals surface area contributed by atoms with Gasteiger partial charge >= 0.3 is 5.97 Å². The third kappa shape index (κ3) is 1.52. The van der Waals surface area contributed by atoms with Gasteiger partial charge in [-0.3, -0.25) is 0 Å². The van der Waals surface area contributed by atoms with Gasteiger partial charge in [-0.1, -0.05) is 0 Å². The minimum absolute atomic E-state index is 0.523. The van der Waals surface area contributed by atoms with E-state index in [2.05, 4.69) is 4.57 Å². The lowest BCUT2D eigenvalue weighted by atomic mass is 10.1. The van der Waals surface area contributed by atoms with Crippen molar-refractivity contribution in [3.63, 3.8) is 0 Å². The number of aromatic nitrogens is 1. The summed E-state index contributed by atoms with van der Waals surface area (Å²) in [7, 11) is 0. The number of carboxylic acid groups (broad SMARTS) is 1. The number of thiophene rings is 1. The van der Waals surface area contributed by atoms with E-state index in [1.54, 1.807) is 11.3 Å². The zero-order valence-electron chi connectivity index (χ0n) is 10.5. The minimum atomic E-state index is -0.795. The molecule has 0 aliphatic heterocycles. The number of aryl methyl sites for hydroxylation is 3. The third-order valence-electron chi connectivity index (χ3n) is 3.59. The number of nitrogens with zero attached hydrogens (tertiary/aromatic N) is 1.